The number of amides is 1. The summed E-state index contributed by atoms with van der Waals surface area (Å²) < 4.78 is 37.3. The largest absolute Gasteiger partial charge is 0.481 e. The molecule has 12 nitrogen and oxygen atoms in total. The van der Waals surface area contributed by atoms with E-state index in [-0.39, 0.29) is 51.1 Å². The Balaban J connectivity index is 1.64. The third kappa shape index (κ3) is 6.49. The van der Waals surface area contributed by atoms with E-state index in [1.54, 1.807) is 12.1 Å². The second-order valence-corrected chi connectivity index (χ2v) is 12.3. The van der Waals surface area contributed by atoms with Crippen LogP contribution in [0, 0.1) is 5.92 Å². The molecule has 3 atom stereocenters. The summed E-state index contributed by atoms with van der Waals surface area (Å²) in [6.07, 6.45) is 2.25. The lowest BCUT2D eigenvalue weighted by atomic mass is 9.83. The van der Waals surface area contributed by atoms with Crippen molar-refractivity contribution in [3.8, 4) is 11.5 Å². The lowest BCUT2D eigenvalue weighted by Crippen LogP contribution is -2.45. The fourth-order valence-corrected chi connectivity index (χ4v) is 7.31. The summed E-state index contributed by atoms with van der Waals surface area (Å²) in [7, 11) is -3.36. The normalized spacial score (nSPS) is 24.3. The number of sulfonamides is 1. The van der Waals surface area contributed by atoms with Gasteiger partial charge in [0.2, 0.25) is 16.8 Å². The predicted octanol–water partition coefficient (Wildman–Crippen LogP) is 1.38. The highest BCUT2D eigenvalue weighted by Gasteiger charge is 2.48. The third-order valence-corrected chi connectivity index (χ3v) is 9.53. The molecule has 2 fully saturated rings. The van der Waals surface area contributed by atoms with Crippen molar-refractivity contribution in [3.05, 3.63) is 23.3 Å². The van der Waals surface area contributed by atoms with Crippen LogP contribution in [0.25, 0.3) is 0 Å². The number of hydrogen-bond donors (Lipinski definition) is 2. The molecule has 0 saturated carbocycles. The van der Waals surface area contributed by atoms with Gasteiger partial charge in [0.25, 0.3) is 5.91 Å². The number of nitrogens with zero attached hydrogens (tertiary/aromatic N) is 3. The van der Waals surface area contributed by atoms with E-state index < -0.39 is 33.9 Å². The van der Waals surface area contributed by atoms with E-state index in [1.807, 2.05) is 18.7 Å². The van der Waals surface area contributed by atoms with Crippen LogP contribution in [0.4, 0.5) is 0 Å². The number of ether oxygens (including phenoxy) is 2. The van der Waals surface area contributed by atoms with Crippen molar-refractivity contribution >= 4 is 21.9 Å². The average molecular weight is 570 g/mol. The zero-order chi connectivity index (χ0) is 28.2. The van der Waals surface area contributed by atoms with Crippen LogP contribution in [0.2, 0.25) is 0 Å². The van der Waals surface area contributed by atoms with Crippen LogP contribution >= 0.6 is 0 Å². The van der Waals surface area contributed by atoms with Crippen LogP contribution in [0.3, 0.4) is 0 Å². The van der Waals surface area contributed by atoms with E-state index in [1.165, 1.54) is 9.37 Å². The monoisotopic (exact) mass is 569 g/mol. The van der Waals surface area contributed by atoms with Gasteiger partial charge in [0, 0.05) is 43.7 Å². The van der Waals surface area contributed by atoms with Crippen LogP contribution in [0.15, 0.2) is 12.1 Å². The molecular formula is C26H39N3O9S. The van der Waals surface area contributed by atoms with Crippen molar-refractivity contribution < 1.29 is 42.5 Å². The Kier molecular flexibility index (Phi) is 9.70. The molecule has 3 aliphatic rings. The number of fused-ring (bicyclic) bond motifs is 1. The van der Waals surface area contributed by atoms with Gasteiger partial charge in [-0.2, -0.15) is 0 Å². The molecule has 0 spiro atoms. The number of aliphatic hydroxyl groups is 1. The molecule has 3 aliphatic heterocycles. The second-order valence-electron chi connectivity index (χ2n) is 10.2. The predicted molar refractivity (Wildman–Crippen MR) is 141 cm³/mol. The van der Waals surface area contributed by atoms with Crippen LogP contribution in [-0.2, 0) is 31.1 Å². The van der Waals surface area contributed by atoms with E-state index in [0.717, 1.165) is 6.42 Å². The topological polar surface area (TPSA) is 146 Å². The zero-order valence-electron chi connectivity index (χ0n) is 22.6. The highest BCUT2D eigenvalue weighted by Crippen LogP contribution is 2.44. The molecule has 0 unspecified atom stereocenters. The molecule has 4 rings (SSSR count). The first-order chi connectivity index (χ1) is 18.7. The smallest absolute Gasteiger partial charge is 0.308 e. The molecule has 1 aromatic rings. The Bertz CT molecular complexity index is 1150. The fourth-order valence-electron chi connectivity index (χ4n) is 5.77. The third-order valence-electron chi connectivity index (χ3n) is 7.58. The molecule has 3 heterocycles. The van der Waals surface area contributed by atoms with Gasteiger partial charge in [-0.15, -0.1) is 0 Å². The minimum atomic E-state index is -3.36. The molecular weight excluding hydrogens is 530 g/mol. The first-order valence-electron chi connectivity index (χ1n) is 13.6. The summed E-state index contributed by atoms with van der Waals surface area (Å²) in [6.45, 7) is 5.21. The molecule has 0 bridgehead atoms. The van der Waals surface area contributed by atoms with E-state index >= 15 is 0 Å². The first kappa shape index (κ1) is 29.5. The number of aliphatic carboxylic acids is 1. The van der Waals surface area contributed by atoms with Crippen LogP contribution in [-0.4, -0.2) is 103 Å². The van der Waals surface area contributed by atoms with E-state index in [9.17, 15) is 28.2 Å². The lowest BCUT2D eigenvalue weighted by Gasteiger charge is -2.30. The molecule has 2 N–H and O–H groups in total. The quantitative estimate of drug-likeness (QED) is 0.334. The highest BCUT2D eigenvalue weighted by molar-refractivity contribution is 7.89. The number of rotatable bonds is 13. The Hall–Kier alpha value is -2.45. The Morgan fingerprint density at radius 1 is 1.21 bits per heavy atom. The summed E-state index contributed by atoms with van der Waals surface area (Å²) in [4.78, 5) is 33.6. The van der Waals surface area contributed by atoms with Crippen molar-refractivity contribution in [3.63, 3.8) is 0 Å². The number of hydroxylamine groups is 2. The average Bonchev–Trinajstić information content (AvgIpc) is 3.61. The van der Waals surface area contributed by atoms with Gasteiger partial charge in [-0.3, -0.25) is 19.3 Å². The molecule has 1 aromatic carbocycles. The van der Waals surface area contributed by atoms with Gasteiger partial charge in [0.1, 0.15) is 0 Å². The Labute approximate surface area is 229 Å². The molecule has 2 saturated heterocycles. The summed E-state index contributed by atoms with van der Waals surface area (Å²) >= 11 is 0. The maximum atomic E-state index is 13.3. The maximum absolute atomic E-state index is 13.3. The van der Waals surface area contributed by atoms with Crippen molar-refractivity contribution in [2.75, 3.05) is 51.9 Å². The molecule has 0 aromatic heterocycles. The number of benzene rings is 1. The minimum absolute atomic E-state index is 0.0113. The number of likely N-dealkylation sites (tertiary alicyclic amines) is 1. The molecule has 39 heavy (non-hydrogen) atoms. The summed E-state index contributed by atoms with van der Waals surface area (Å²) in [5.74, 6) is -1.75. The van der Waals surface area contributed by atoms with Crippen LogP contribution in [0.5, 0.6) is 11.5 Å². The molecule has 0 aliphatic carbocycles. The zero-order valence-corrected chi connectivity index (χ0v) is 23.4. The Morgan fingerprint density at radius 3 is 2.64 bits per heavy atom. The number of carbonyl (C=O) groups is 2. The highest BCUT2D eigenvalue weighted by atomic mass is 32.2. The number of hydrogen-bond acceptors (Lipinski definition) is 9. The number of carbonyl (C=O) groups excluding carboxylic acids is 1. The second kappa shape index (κ2) is 12.8. The van der Waals surface area contributed by atoms with Gasteiger partial charge in [-0.05, 0) is 43.4 Å². The van der Waals surface area contributed by atoms with Gasteiger partial charge in [0.15, 0.2) is 11.5 Å². The summed E-state index contributed by atoms with van der Waals surface area (Å²) in [5.41, 5.74) is 1.16. The van der Waals surface area contributed by atoms with E-state index in [2.05, 4.69) is 0 Å². The Morgan fingerprint density at radius 2 is 2.00 bits per heavy atom. The minimum Gasteiger partial charge on any atom is -0.481 e. The molecule has 218 valence electrons. The van der Waals surface area contributed by atoms with Crippen molar-refractivity contribution in [1.82, 2.24) is 14.3 Å². The molecule has 0 radical (unpaired) electrons. The SMILES string of the molecule is CCCON(CCC)C(=O)CN1C[C@H](c2cc(CO)c3c(c2)OCO3)[C@@H](C(=O)O)[C@@H]1CCN1CCCS1(=O)=O. The maximum Gasteiger partial charge on any atom is 0.308 e. The molecule has 13 heteroatoms. The summed E-state index contributed by atoms with van der Waals surface area (Å²) in [6, 6.07) is 2.88. The van der Waals surface area contributed by atoms with Gasteiger partial charge in [-0.1, -0.05) is 13.8 Å². The van der Waals surface area contributed by atoms with Crippen LogP contribution in [0.1, 0.15) is 56.6 Å². The van der Waals surface area contributed by atoms with Crippen LogP contribution < -0.4 is 9.47 Å². The van der Waals surface area contributed by atoms with Gasteiger partial charge in [0.05, 0.1) is 31.4 Å². The number of aliphatic hydroxyl groups excluding tert-OH is 1. The standard InChI is InChI=1S/C26H39N3O9S/c1-3-7-29(38-10-4-2)23(31)15-27-14-20(18-12-19(16-30)25-22(13-18)36-17-37-25)24(26(32)33)21(27)6-9-28-8-5-11-39(28,34)35/h12-13,20-21,24,30H,3-11,14-17H2,1-2H3,(H,32,33)/t20-,21+,24-/m1/s1. The van der Waals surface area contributed by atoms with Gasteiger partial charge < -0.3 is 19.7 Å². The van der Waals surface area contributed by atoms with E-state index in [0.29, 0.717) is 55.2 Å². The summed E-state index contributed by atoms with van der Waals surface area (Å²) in [5, 5.41) is 21.7. The fraction of sp³-hybridized carbons (Fsp3) is 0.692. The van der Waals surface area contributed by atoms with Crippen molar-refractivity contribution in [1.29, 1.82) is 0 Å². The number of carboxylic acids is 1. The van der Waals surface area contributed by atoms with Gasteiger partial charge >= 0.3 is 5.97 Å². The van der Waals surface area contributed by atoms with E-state index in [4.69, 9.17) is 14.3 Å². The number of carboxylic acid groups (broad SMARTS) is 1. The van der Waals surface area contributed by atoms with Gasteiger partial charge in [-0.25, -0.2) is 17.8 Å². The molecule has 1 amide bonds. The van der Waals surface area contributed by atoms with Crippen molar-refractivity contribution in [2.24, 2.45) is 5.92 Å². The lowest BCUT2D eigenvalue weighted by molar-refractivity contribution is -0.188. The van der Waals surface area contributed by atoms with Crippen molar-refractivity contribution in [2.45, 2.75) is 58.1 Å². The first-order valence-corrected chi connectivity index (χ1v) is 15.2.